The van der Waals surface area contributed by atoms with Gasteiger partial charge in [-0.3, -0.25) is 0 Å². The summed E-state index contributed by atoms with van der Waals surface area (Å²) in [5.41, 5.74) is 1.27. The Balaban J connectivity index is 2.07. The summed E-state index contributed by atoms with van der Waals surface area (Å²) in [5, 5.41) is 10.7. The van der Waals surface area contributed by atoms with Gasteiger partial charge in [0.2, 0.25) is 0 Å². The van der Waals surface area contributed by atoms with Crippen molar-refractivity contribution in [2.75, 3.05) is 0 Å². The van der Waals surface area contributed by atoms with Gasteiger partial charge in [0.15, 0.2) is 0 Å². The Morgan fingerprint density at radius 1 is 1.17 bits per heavy atom. The van der Waals surface area contributed by atoms with Gasteiger partial charge in [-0.25, -0.2) is 0 Å². The minimum atomic E-state index is -0.183. The van der Waals surface area contributed by atoms with Crippen molar-refractivity contribution >= 4 is 0 Å². The molecule has 1 aliphatic carbocycles. The molecule has 2 rings (SSSR count). The fraction of sp³-hybridized carbons (Fsp3) is 0.647. The molecule has 0 aliphatic heterocycles. The minimum absolute atomic E-state index is 0.183. The molecule has 1 saturated carbocycles. The summed E-state index contributed by atoms with van der Waals surface area (Å²) in [6.07, 6.45) is 6.18. The molecule has 1 aliphatic rings. The molecule has 0 amide bonds. The van der Waals surface area contributed by atoms with Crippen LogP contribution < -0.4 is 0 Å². The molecule has 0 saturated heterocycles. The lowest BCUT2D eigenvalue weighted by Crippen LogP contribution is -2.34. The second-order valence-corrected chi connectivity index (χ2v) is 5.81. The number of benzene rings is 1. The van der Waals surface area contributed by atoms with E-state index < -0.39 is 0 Å². The second-order valence-electron chi connectivity index (χ2n) is 5.81. The first-order chi connectivity index (χ1) is 8.74. The van der Waals surface area contributed by atoms with Crippen molar-refractivity contribution in [1.82, 2.24) is 0 Å². The first-order valence-corrected chi connectivity index (χ1v) is 7.47. The van der Waals surface area contributed by atoms with Crippen LogP contribution in [0.5, 0.6) is 0 Å². The van der Waals surface area contributed by atoms with E-state index in [9.17, 15) is 5.11 Å². The second kappa shape index (κ2) is 6.38. The zero-order chi connectivity index (χ0) is 13.0. The zero-order valence-electron chi connectivity index (χ0n) is 11.7. The molecule has 1 aromatic rings. The Hall–Kier alpha value is -0.820. The van der Waals surface area contributed by atoms with E-state index in [1.54, 1.807) is 0 Å². The molecular formula is C17H26O. The summed E-state index contributed by atoms with van der Waals surface area (Å²) < 4.78 is 0. The summed E-state index contributed by atoms with van der Waals surface area (Å²) in [6.45, 7) is 4.43. The Labute approximate surface area is 111 Å². The fourth-order valence-corrected chi connectivity index (χ4v) is 3.52. The van der Waals surface area contributed by atoms with Crippen molar-refractivity contribution in [2.45, 2.75) is 58.0 Å². The molecule has 4 unspecified atom stereocenters. The van der Waals surface area contributed by atoms with Crippen LogP contribution >= 0.6 is 0 Å². The average molecular weight is 246 g/mol. The number of rotatable bonds is 4. The third-order valence-corrected chi connectivity index (χ3v) is 4.77. The molecule has 18 heavy (non-hydrogen) atoms. The quantitative estimate of drug-likeness (QED) is 0.836. The standard InChI is InChI=1S/C17H26O/c1-3-14-9-7-8-12-16(14)17(18)13(2)15-10-5-4-6-11-15/h4-6,10-11,13-14,16-18H,3,7-9,12H2,1-2H3. The third-order valence-electron chi connectivity index (χ3n) is 4.77. The van der Waals surface area contributed by atoms with Gasteiger partial charge in [0.1, 0.15) is 0 Å². The fourth-order valence-electron chi connectivity index (χ4n) is 3.52. The Morgan fingerprint density at radius 2 is 1.83 bits per heavy atom. The lowest BCUT2D eigenvalue weighted by molar-refractivity contribution is 0.0300. The first-order valence-electron chi connectivity index (χ1n) is 7.47. The van der Waals surface area contributed by atoms with Crippen LogP contribution in [0, 0.1) is 11.8 Å². The van der Waals surface area contributed by atoms with Gasteiger partial charge in [-0.2, -0.15) is 0 Å². The Kier molecular flexibility index (Phi) is 4.82. The van der Waals surface area contributed by atoms with Crippen LogP contribution in [0.1, 0.15) is 57.4 Å². The van der Waals surface area contributed by atoms with Gasteiger partial charge < -0.3 is 5.11 Å². The molecule has 0 heterocycles. The molecule has 0 radical (unpaired) electrons. The summed E-state index contributed by atoms with van der Waals surface area (Å²) in [5.74, 6) is 1.47. The predicted molar refractivity (Wildman–Crippen MR) is 76.6 cm³/mol. The molecule has 1 N–H and O–H groups in total. The molecule has 1 nitrogen and oxygen atoms in total. The summed E-state index contributed by atoms with van der Waals surface area (Å²) >= 11 is 0. The number of hydrogen-bond donors (Lipinski definition) is 1. The van der Waals surface area contributed by atoms with Gasteiger partial charge in [-0.05, 0) is 23.8 Å². The molecule has 0 bridgehead atoms. The van der Waals surface area contributed by atoms with Gasteiger partial charge in [-0.1, -0.05) is 69.9 Å². The van der Waals surface area contributed by atoms with Gasteiger partial charge in [-0.15, -0.1) is 0 Å². The van der Waals surface area contributed by atoms with Crippen LogP contribution in [0.2, 0.25) is 0 Å². The topological polar surface area (TPSA) is 20.2 Å². The average Bonchev–Trinajstić information content (AvgIpc) is 2.46. The Morgan fingerprint density at radius 3 is 2.50 bits per heavy atom. The lowest BCUT2D eigenvalue weighted by atomic mass is 9.71. The van der Waals surface area contributed by atoms with Crippen LogP contribution in [0.25, 0.3) is 0 Å². The highest BCUT2D eigenvalue weighted by molar-refractivity contribution is 5.20. The van der Waals surface area contributed by atoms with Gasteiger partial charge in [0.25, 0.3) is 0 Å². The third kappa shape index (κ3) is 2.95. The van der Waals surface area contributed by atoms with E-state index in [2.05, 4.69) is 38.1 Å². The van der Waals surface area contributed by atoms with Crippen molar-refractivity contribution in [1.29, 1.82) is 0 Å². The summed E-state index contributed by atoms with van der Waals surface area (Å²) in [4.78, 5) is 0. The van der Waals surface area contributed by atoms with Crippen molar-refractivity contribution in [3.8, 4) is 0 Å². The van der Waals surface area contributed by atoms with Gasteiger partial charge in [0, 0.05) is 5.92 Å². The maximum Gasteiger partial charge on any atom is 0.0636 e. The van der Waals surface area contributed by atoms with E-state index >= 15 is 0 Å². The van der Waals surface area contributed by atoms with Gasteiger partial charge >= 0.3 is 0 Å². The first kappa shape index (κ1) is 13.6. The molecular weight excluding hydrogens is 220 g/mol. The van der Waals surface area contributed by atoms with Crippen LogP contribution in [-0.4, -0.2) is 11.2 Å². The largest absolute Gasteiger partial charge is 0.392 e. The van der Waals surface area contributed by atoms with Crippen molar-refractivity contribution < 1.29 is 5.11 Å². The molecule has 1 heteroatoms. The Bertz CT molecular complexity index is 346. The maximum absolute atomic E-state index is 10.7. The highest BCUT2D eigenvalue weighted by Gasteiger charge is 2.32. The maximum atomic E-state index is 10.7. The lowest BCUT2D eigenvalue weighted by Gasteiger charge is -2.37. The normalized spacial score (nSPS) is 27.7. The smallest absolute Gasteiger partial charge is 0.0636 e. The number of hydrogen-bond acceptors (Lipinski definition) is 1. The molecule has 0 aromatic heterocycles. The van der Waals surface area contributed by atoms with E-state index in [4.69, 9.17) is 0 Å². The SMILES string of the molecule is CCC1CCCCC1C(O)C(C)c1ccccc1. The highest BCUT2D eigenvalue weighted by Crippen LogP contribution is 2.38. The number of aliphatic hydroxyl groups is 1. The van der Waals surface area contributed by atoms with E-state index in [1.165, 1.54) is 37.7 Å². The minimum Gasteiger partial charge on any atom is -0.392 e. The van der Waals surface area contributed by atoms with E-state index in [-0.39, 0.29) is 12.0 Å². The predicted octanol–water partition coefficient (Wildman–Crippen LogP) is 4.37. The van der Waals surface area contributed by atoms with Crippen LogP contribution in [0.4, 0.5) is 0 Å². The molecule has 1 aromatic carbocycles. The van der Waals surface area contributed by atoms with Crippen molar-refractivity contribution in [3.63, 3.8) is 0 Å². The van der Waals surface area contributed by atoms with Crippen molar-refractivity contribution in [3.05, 3.63) is 35.9 Å². The van der Waals surface area contributed by atoms with E-state index in [1.807, 2.05) is 6.07 Å². The van der Waals surface area contributed by atoms with Crippen molar-refractivity contribution in [2.24, 2.45) is 11.8 Å². The van der Waals surface area contributed by atoms with E-state index in [0.29, 0.717) is 5.92 Å². The monoisotopic (exact) mass is 246 g/mol. The zero-order valence-corrected chi connectivity index (χ0v) is 11.7. The molecule has 4 atom stereocenters. The van der Waals surface area contributed by atoms with Crippen LogP contribution in [0.15, 0.2) is 30.3 Å². The highest BCUT2D eigenvalue weighted by atomic mass is 16.3. The molecule has 0 spiro atoms. The molecule has 1 fully saturated rings. The van der Waals surface area contributed by atoms with Crippen LogP contribution in [0.3, 0.4) is 0 Å². The summed E-state index contributed by atoms with van der Waals surface area (Å²) in [7, 11) is 0. The number of aliphatic hydroxyl groups excluding tert-OH is 1. The van der Waals surface area contributed by atoms with Crippen LogP contribution in [-0.2, 0) is 0 Å². The molecule has 100 valence electrons. The van der Waals surface area contributed by atoms with E-state index in [0.717, 1.165) is 5.92 Å². The summed E-state index contributed by atoms with van der Waals surface area (Å²) in [6, 6.07) is 10.4. The van der Waals surface area contributed by atoms with Gasteiger partial charge in [0.05, 0.1) is 6.10 Å².